The van der Waals surface area contributed by atoms with Crippen molar-refractivity contribution < 1.29 is 0 Å². The van der Waals surface area contributed by atoms with Gasteiger partial charge in [-0.05, 0) is 0 Å². The Morgan fingerprint density at radius 2 is 1.44 bits per heavy atom. The zero-order valence-corrected chi connectivity index (χ0v) is 5.73. The Kier molecular flexibility index (Phi) is 1.44. The Hall–Kier alpha value is -0.960. The lowest BCUT2D eigenvalue weighted by Gasteiger charge is -1.93. The van der Waals surface area contributed by atoms with E-state index in [1.807, 2.05) is 0 Å². The standard InChI is InChI=1S/C3H6N5P/c4-1-6-2(5)8-3(9)7-1/h9H2,(H4,4,5,6,7,8). The van der Waals surface area contributed by atoms with E-state index < -0.39 is 0 Å². The van der Waals surface area contributed by atoms with Crippen LogP contribution in [-0.2, 0) is 0 Å². The molecule has 0 bridgehead atoms. The molecule has 4 N–H and O–H groups in total. The zero-order chi connectivity index (χ0) is 6.85. The SMILES string of the molecule is Nc1nc(N)nc(P)n1. The average Bonchev–Trinajstić information content (AvgIpc) is 1.59. The second-order valence-electron chi connectivity index (χ2n) is 1.41. The summed E-state index contributed by atoms with van der Waals surface area (Å²) in [6.45, 7) is 0. The van der Waals surface area contributed by atoms with Gasteiger partial charge in [-0.3, -0.25) is 0 Å². The number of hydrogen-bond donors (Lipinski definition) is 2. The van der Waals surface area contributed by atoms with Gasteiger partial charge in [0.05, 0.1) is 0 Å². The van der Waals surface area contributed by atoms with Gasteiger partial charge >= 0.3 is 0 Å². The first-order chi connectivity index (χ1) is 4.18. The van der Waals surface area contributed by atoms with Crippen LogP contribution in [0.5, 0.6) is 0 Å². The molecule has 1 heterocycles. The summed E-state index contributed by atoms with van der Waals surface area (Å²) in [4.78, 5) is 10.9. The highest BCUT2D eigenvalue weighted by molar-refractivity contribution is 7.26. The van der Waals surface area contributed by atoms with Crippen molar-refractivity contribution in [2.24, 2.45) is 0 Å². The number of nitrogens with zero attached hydrogens (tertiary/aromatic N) is 3. The molecule has 1 atom stereocenters. The molecule has 0 aliphatic carbocycles. The van der Waals surface area contributed by atoms with Crippen molar-refractivity contribution in [2.45, 2.75) is 0 Å². The molecule has 1 rings (SSSR count). The Labute approximate surface area is 54.1 Å². The fourth-order valence-electron chi connectivity index (χ4n) is 0.427. The molecule has 5 nitrogen and oxygen atoms in total. The summed E-state index contributed by atoms with van der Waals surface area (Å²) in [5.74, 6) is 0.292. The molecule has 1 aromatic heterocycles. The third-order valence-corrected chi connectivity index (χ3v) is 0.945. The lowest BCUT2D eigenvalue weighted by atomic mass is 10.9. The van der Waals surface area contributed by atoms with Crippen LogP contribution < -0.4 is 17.0 Å². The Morgan fingerprint density at radius 1 is 1.00 bits per heavy atom. The highest BCUT2D eigenvalue weighted by atomic mass is 31.0. The Bertz CT molecular complexity index is 173. The molecule has 1 aromatic rings. The lowest BCUT2D eigenvalue weighted by molar-refractivity contribution is 1.12. The molecule has 0 radical (unpaired) electrons. The minimum absolute atomic E-state index is 0.146. The average molecular weight is 143 g/mol. The summed E-state index contributed by atoms with van der Waals surface area (Å²) in [6, 6.07) is 0. The summed E-state index contributed by atoms with van der Waals surface area (Å²) in [5.41, 5.74) is 10.9. The van der Waals surface area contributed by atoms with Gasteiger partial charge in [0.25, 0.3) is 0 Å². The summed E-state index contributed by atoms with van der Waals surface area (Å²) >= 11 is 0. The van der Waals surface area contributed by atoms with Crippen LogP contribution in [0.15, 0.2) is 0 Å². The maximum atomic E-state index is 5.20. The third kappa shape index (κ3) is 1.47. The Balaban J connectivity index is 3.17. The predicted molar refractivity (Wildman–Crippen MR) is 38.0 cm³/mol. The molecule has 0 spiro atoms. The largest absolute Gasteiger partial charge is 0.368 e. The van der Waals surface area contributed by atoms with Crippen LogP contribution in [0.25, 0.3) is 0 Å². The minimum Gasteiger partial charge on any atom is -0.368 e. The van der Waals surface area contributed by atoms with Crippen molar-refractivity contribution in [2.75, 3.05) is 11.5 Å². The molecule has 0 aliphatic rings. The van der Waals surface area contributed by atoms with Crippen LogP contribution in [0.1, 0.15) is 0 Å². The van der Waals surface area contributed by atoms with E-state index in [0.29, 0.717) is 5.57 Å². The van der Waals surface area contributed by atoms with Crippen molar-refractivity contribution in [3.8, 4) is 0 Å². The number of aromatic nitrogens is 3. The van der Waals surface area contributed by atoms with E-state index in [2.05, 4.69) is 24.2 Å². The van der Waals surface area contributed by atoms with Gasteiger partial charge in [0.15, 0.2) is 5.57 Å². The van der Waals surface area contributed by atoms with E-state index in [1.165, 1.54) is 0 Å². The maximum absolute atomic E-state index is 5.20. The van der Waals surface area contributed by atoms with Crippen molar-refractivity contribution >= 4 is 26.7 Å². The minimum atomic E-state index is 0.146. The number of nitrogen functional groups attached to an aromatic ring is 2. The van der Waals surface area contributed by atoms with Crippen LogP contribution in [0.4, 0.5) is 11.9 Å². The molecular formula is C3H6N5P. The molecule has 0 amide bonds. The molecule has 9 heavy (non-hydrogen) atoms. The Morgan fingerprint density at radius 3 is 1.78 bits per heavy atom. The summed E-state index contributed by atoms with van der Waals surface area (Å²) < 4.78 is 0. The third-order valence-electron chi connectivity index (χ3n) is 0.687. The van der Waals surface area contributed by atoms with Gasteiger partial charge in [-0.1, -0.05) is 9.24 Å². The maximum Gasteiger partial charge on any atom is 0.225 e. The topological polar surface area (TPSA) is 90.7 Å². The highest BCUT2D eigenvalue weighted by Crippen LogP contribution is 1.91. The predicted octanol–water partition coefficient (Wildman–Crippen LogP) is -1.46. The number of nitrogens with two attached hydrogens (primary N) is 2. The van der Waals surface area contributed by atoms with Crippen molar-refractivity contribution in [1.82, 2.24) is 15.0 Å². The van der Waals surface area contributed by atoms with Gasteiger partial charge in [0.1, 0.15) is 0 Å². The second-order valence-corrected chi connectivity index (χ2v) is 1.93. The van der Waals surface area contributed by atoms with Gasteiger partial charge in [-0.15, -0.1) is 0 Å². The van der Waals surface area contributed by atoms with E-state index >= 15 is 0 Å². The fourth-order valence-corrected chi connectivity index (χ4v) is 0.692. The summed E-state index contributed by atoms with van der Waals surface area (Å²) in [7, 11) is 2.28. The second kappa shape index (κ2) is 2.11. The van der Waals surface area contributed by atoms with Gasteiger partial charge in [0, 0.05) is 0 Å². The van der Waals surface area contributed by atoms with Gasteiger partial charge in [-0.25, -0.2) is 0 Å². The highest BCUT2D eigenvalue weighted by Gasteiger charge is 1.93. The van der Waals surface area contributed by atoms with Crippen LogP contribution >= 0.6 is 9.24 Å². The van der Waals surface area contributed by atoms with E-state index in [4.69, 9.17) is 11.5 Å². The lowest BCUT2D eigenvalue weighted by Crippen LogP contribution is -2.12. The number of rotatable bonds is 0. The zero-order valence-electron chi connectivity index (χ0n) is 4.57. The molecule has 48 valence electrons. The monoisotopic (exact) mass is 143 g/mol. The molecule has 0 saturated carbocycles. The molecular weight excluding hydrogens is 137 g/mol. The first-order valence-corrected chi connectivity index (χ1v) is 2.79. The number of hydrogen-bond acceptors (Lipinski definition) is 5. The quantitative estimate of drug-likeness (QED) is 0.433. The van der Waals surface area contributed by atoms with Crippen LogP contribution in [-0.4, -0.2) is 15.0 Å². The van der Waals surface area contributed by atoms with Crippen molar-refractivity contribution in [3.63, 3.8) is 0 Å². The smallest absolute Gasteiger partial charge is 0.225 e. The molecule has 1 unspecified atom stereocenters. The normalized spacial score (nSPS) is 9.44. The van der Waals surface area contributed by atoms with Gasteiger partial charge < -0.3 is 11.5 Å². The molecule has 6 heteroatoms. The van der Waals surface area contributed by atoms with Crippen LogP contribution in [0, 0.1) is 0 Å². The van der Waals surface area contributed by atoms with E-state index in [-0.39, 0.29) is 11.9 Å². The first-order valence-electron chi connectivity index (χ1n) is 2.21. The van der Waals surface area contributed by atoms with Gasteiger partial charge in [-0.2, -0.15) is 15.0 Å². The van der Waals surface area contributed by atoms with Crippen molar-refractivity contribution in [1.29, 1.82) is 0 Å². The molecule has 0 saturated heterocycles. The van der Waals surface area contributed by atoms with E-state index in [1.54, 1.807) is 0 Å². The van der Waals surface area contributed by atoms with E-state index in [9.17, 15) is 0 Å². The summed E-state index contributed by atoms with van der Waals surface area (Å²) in [6.07, 6.45) is 0. The fraction of sp³-hybridized carbons (Fsp3) is 0. The number of anilines is 2. The molecule has 0 aliphatic heterocycles. The molecule has 0 aromatic carbocycles. The van der Waals surface area contributed by atoms with Crippen molar-refractivity contribution in [3.05, 3.63) is 0 Å². The van der Waals surface area contributed by atoms with Crippen LogP contribution in [0.3, 0.4) is 0 Å². The summed E-state index contributed by atoms with van der Waals surface area (Å²) in [5, 5.41) is 0. The van der Waals surface area contributed by atoms with E-state index in [0.717, 1.165) is 0 Å². The molecule has 0 fully saturated rings. The van der Waals surface area contributed by atoms with Gasteiger partial charge in [0.2, 0.25) is 11.9 Å². The van der Waals surface area contributed by atoms with Crippen LogP contribution in [0.2, 0.25) is 0 Å². The first kappa shape index (κ1) is 6.16.